The van der Waals surface area contributed by atoms with Gasteiger partial charge in [-0.1, -0.05) is 6.08 Å². The molecule has 2 aliphatic rings. The van der Waals surface area contributed by atoms with Gasteiger partial charge in [0.15, 0.2) is 0 Å². The number of hydrogen-bond donors (Lipinski definition) is 3. The van der Waals surface area contributed by atoms with Crippen molar-refractivity contribution in [3.05, 3.63) is 12.2 Å². The lowest BCUT2D eigenvalue weighted by molar-refractivity contribution is -0.121. The maximum absolute atomic E-state index is 11.3. The summed E-state index contributed by atoms with van der Waals surface area (Å²) in [4.78, 5) is 11.3. The van der Waals surface area contributed by atoms with Crippen LogP contribution in [0.2, 0.25) is 0 Å². The van der Waals surface area contributed by atoms with E-state index in [1.807, 2.05) is 6.08 Å². The van der Waals surface area contributed by atoms with Crippen LogP contribution in [-0.4, -0.2) is 42.9 Å². The van der Waals surface area contributed by atoms with Gasteiger partial charge in [-0.2, -0.15) is 0 Å². The van der Waals surface area contributed by atoms with Crippen LogP contribution in [0.5, 0.6) is 0 Å². The van der Waals surface area contributed by atoms with E-state index in [4.69, 9.17) is 10.5 Å². The topological polar surface area (TPSA) is 84.6 Å². The van der Waals surface area contributed by atoms with Crippen molar-refractivity contribution in [3.8, 4) is 0 Å². The first-order valence-electron chi connectivity index (χ1n) is 6.07. The quantitative estimate of drug-likeness (QED) is 0.615. The van der Waals surface area contributed by atoms with E-state index >= 15 is 0 Å². The van der Waals surface area contributed by atoms with Crippen LogP contribution in [0.25, 0.3) is 0 Å². The molecule has 0 spiro atoms. The maximum atomic E-state index is 11.3. The number of carbonyl (C=O) groups is 1. The molecule has 1 saturated carbocycles. The van der Waals surface area contributed by atoms with Crippen molar-refractivity contribution in [2.75, 3.05) is 13.7 Å². The predicted molar refractivity (Wildman–Crippen MR) is 63.1 cm³/mol. The van der Waals surface area contributed by atoms with Gasteiger partial charge in [-0.15, -0.1) is 0 Å². The van der Waals surface area contributed by atoms with Gasteiger partial charge in [-0.3, -0.25) is 4.79 Å². The molecule has 0 aromatic heterocycles. The molecule has 1 aliphatic carbocycles. The first kappa shape index (κ1) is 12.5. The number of aliphatic hydroxyl groups excluding tert-OH is 1. The molecule has 5 heteroatoms. The fourth-order valence-corrected chi connectivity index (χ4v) is 3.00. The zero-order valence-electron chi connectivity index (χ0n) is 10.0. The van der Waals surface area contributed by atoms with E-state index in [-0.39, 0.29) is 29.9 Å². The van der Waals surface area contributed by atoms with Crippen molar-refractivity contribution in [1.29, 1.82) is 0 Å². The van der Waals surface area contributed by atoms with E-state index in [2.05, 4.69) is 5.32 Å². The second kappa shape index (κ2) is 5.16. The summed E-state index contributed by atoms with van der Waals surface area (Å²) in [5.41, 5.74) is 5.70. The largest absolute Gasteiger partial charge is 0.391 e. The predicted octanol–water partition coefficient (Wildman–Crippen LogP) is -0.598. The Morgan fingerprint density at radius 2 is 2.41 bits per heavy atom. The summed E-state index contributed by atoms with van der Waals surface area (Å²) in [5.74, 6) is 0.243. The molecule has 0 radical (unpaired) electrons. The minimum atomic E-state index is -0.472. The normalized spacial score (nSPS) is 38.4. The SMILES string of the molecule is COC(CN)C1CCC(O)[C@@H]2NC(=O)C=CC12. The summed E-state index contributed by atoms with van der Waals surface area (Å²) in [6, 6.07) is -0.199. The Balaban J connectivity index is 2.19. The number of amides is 1. The molecule has 5 atom stereocenters. The lowest BCUT2D eigenvalue weighted by atomic mass is 9.70. The van der Waals surface area contributed by atoms with Crippen LogP contribution in [0, 0.1) is 11.8 Å². The number of nitrogens with one attached hydrogen (secondary N) is 1. The van der Waals surface area contributed by atoms with E-state index in [0.29, 0.717) is 13.0 Å². The van der Waals surface area contributed by atoms with Gasteiger partial charge in [0.25, 0.3) is 0 Å². The summed E-state index contributed by atoms with van der Waals surface area (Å²) < 4.78 is 5.40. The molecular formula is C12H20N2O3. The van der Waals surface area contributed by atoms with Crippen LogP contribution in [0.1, 0.15) is 12.8 Å². The maximum Gasteiger partial charge on any atom is 0.243 e. The number of rotatable bonds is 3. The zero-order valence-corrected chi connectivity index (χ0v) is 10.0. The van der Waals surface area contributed by atoms with Gasteiger partial charge in [-0.05, 0) is 24.8 Å². The van der Waals surface area contributed by atoms with Crippen LogP contribution >= 0.6 is 0 Å². The number of ether oxygens (including phenoxy) is 1. The number of aliphatic hydroxyl groups is 1. The highest BCUT2D eigenvalue weighted by atomic mass is 16.5. The molecule has 1 heterocycles. The van der Waals surface area contributed by atoms with Gasteiger partial charge in [0.2, 0.25) is 5.91 Å². The van der Waals surface area contributed by atoms with E-state index in [1.54, 1.807) is 7.11 Å². The van der Waals surface area contributed by atoms with Crippen molar-refractivity contribution in [2.24, 2.45) is 17.6 Å². The number of carbonyl (C=O) groups excluding carboxylic acids is 1. The second-order valence-corrected chi connectivity index (χ2v) is 4.79. The Kier molecular flexibility index (Phi) is 3.81. The van der Waals surface area contributed by atoms with Crippen molar-refractivity contribution in [2.45, 2.75) is 31.1 Å². The molecule has 4 N–H and O–H groups in total. The number of nitrogens with two attached hydrogens (primary N) is 1. The summed E-state index contributed by atoms with van der Waals surface area (Å²) in [5, 5.41) is 12.8. The fraction of sp³-hybridized carbons (Fsp3) is 0.750. The molecule has 96 valence electrons. The first-order chi connectivity index (χ1) is 8.17. The van der Waals surface area contributed by atoms with E-state index in [9.17, 15) is 9.90 Å². The molecular weight excluding hydrogens is 220 g/mol. The van der Waals surface area contributed by atoms with E-state index in [0.717, 1.165) is 6.42 Å². The van der Waals surface area contributed by atoms with Gasteiger partial charge in [0, 0.05) is 19.6 Å². The third-order valence-corrected chi connectivity index (χ3v) is 3.91. The molecule has 1 aliphatic heterocycles. The van der Waals surface area contributed by atoms with Gasteiger partial charge < -0.3 is 20.9 Å². The van der Waals surface area contributed by atoms with Crippen molar-refractivity contribution >= 4 is 5.91 Å². The molecule has 1 amide bonds. The summed E-state index contributed by atoms with van der Waals surface area (Å²) in [6.45, 7) is 0.461. The van der Waals surface area contributed by atoms with Crippen LogP contribution in [0.4, 0.5) is 0 Å². The molecule has 1 fully saturated rings. The Hall–Kier alpha value is -0.910. The van der Waals surface area contributed by atoms with E-state index in [1.165, 1.54) is 6.08 Å². The third kappa shape index (κ3) is 2.36. The molecule has 0 bridgehead atoms. The molecule has 17 heavy (non-hydrogen) atoms. The second-order valence-electron chi connectivity index (χ2n) is 4.79. The van der Waals surface area contributed by atoms with Crippen molar-refractivity contribution in [1.82, 2.24) is 5.32 Å². The van der Waals surface area contributed by atoms with Gasteiger partial charge >= 0.3 is 0 Å². The summed E-state index contributed by atoms with van der Waals surface area (Å²) in [6.07, 6.45) is 4.49. The Bertz CT molecular complexity index is 315. The first-order valence-corrected chi connectivity index (χ1v) is 6.07. The van der Waals surface area contributed by atoms with Crippen LogP contribution < -0.4 is 11.1 Å². The molecule has 0 aromatic carbocycles. The molecule has 0 saturated heterocycles. The lowest BCUT2D eigenvalue weighted by Gasteiger charge is -2.44. The summed E-state index contributed by atoms with van der Waals surface area (Å²) >= 11 is 0. The highest BCUT2D eigenvalue weighted by Gasteiger charge is 2.42. The van der Waals surface area contributed by atoms with Gasteiger partial charge in [0.1, 0.15) is 0 Å². The van der Waals surface area contributed by atoms with Crippen LogP contribution in [0.15, 0.2) is 12.2 Å². The Labute approximate surface area is 101 Å². The average Bonchev–Trinajstić information content (AvgIpc) is 2.34. The van der Waals surface area contributed by atoms with Crippen molar-refractivity contribution < 1.29 is 14.6 Å². The Morgan fingerprint density at radius 1 is 1.65 bits per heavy atom. The highest BCUT2D eigenvalue weighted by Crippen LogP contribution is 2.36. The molecule has 5 nitrogen and oxygen atoms in total. The van der Waals surface area contributed by atoms with Gasteiger partial charge in [0.05, 0.1) is 18.2 Å². The molecule has 0 aromatic rings. The number of fused-ring (bicyclic) bond motifs is 1. The Morgan fingerprint density at radius 3 is 3.06 bits per heavy atom. The monoisotopic (exact) mass is 240 g/mol. The average molecular weight is 240 g/mol. The van der Waals surface area contributed by atoms with Crippen LogP contribution in [-0.2, 0) is 9.53 Å². The van der Waals surface area contributed by atoms with Crippen LogP contribution in [0.3, 0.4) is 0 Å². The zero-order chi connectivity index (χ0) is 12.4. The highest BCUT2D eigenvalue weighted by molar-refractivity contribution is 5.88. The smallest absolute Gasteiger partial charge is 0.243 e. The lowest BCUT2D eigenvalue weighted by Crippen LogP contribution is -2.56. The van der Waals surface area contributed by atoms with E-state index < -0.39 is 6.10 Å². The third-order valence-electron chi connectivity index (χ3n) is 3.91. The molecule has 2 rings (SSSR count). The van der Waals surface area contributed by atoms with Crippen molar-refractivity contribution in [3.63, 3.8) is 0 Å². The minimum absolute atomic E-state index is 0.0188. The van der Waals surface area contributed by atoms with Gasteiger partial charge in [-0.25, -0.2) is 0 Å². The number of methoxy groups -OCH3 is 1. The molecule has 4 unspecified atom stereocenters. The standard InChI is InChI=1S/C12H20N2O3/c1-17-10(6-13)7-2-4-9(15)12-8(7)3-5-11(16)14-12/h3,5,7-10,12,15H,2,4,6,13H2,1H3,(H,14,16)/t7?,8?,9?,10?,12-/m1/s1. The fourth-order valence-electron chi connectivity index (χ4n) is 3.00. The number of hydrogen-bond acceptors (Lipinski definition) is 4. The minimum Gasteiger partial charge on any atom is -0.391 e. The summed E-state index contributed by atoms with van der Waals surface area (Å²) in [7, 11) is 1.66.